The van der Waals surface area contributed by atoms with Crippen molar-refractivity contribution in [2.45, 2.75) is 19.8 Å². The first-order chi connectivity index (χ1) is 8.76. The van der Waals surface area contributed by atoms with Crippen LogP contribution in [0.3, 0.4) is 0 Å². The number of aliphatic hydroxyl groups is 4. The first-order valence-electron chi connectivity index (χ1n) is 6.63. The molecular formula is C12H30N2O4. The van der Waals surface area contributed by atoms with E-state index in [1.807, 2.05) is 11.8 Å². The summed E-state index contributed by atoms with van der Waals surface area (Å²) in [4.78, 5) is 1.99. The predicted molar refractivity (Wildman–Crippen MR) is 72.6 cm³/mol. The molecule has 0 aromatic rings. The average molecular weight is 266 g/mol. The van der Waals surface area contributed by atoms with Crippen molar-refractivity contribution >= 4 is 0 Å². The molecule has 0 aliphatic rings. The van der Waals surface area contributed by atoms with Crippen LogP contribution in [0.4, 0.5) is 0 Å². The van der Waals surface area contributed by atoms with E-state index >= 15 is 0 Å². The van der Waals surface area contributed by atoms with Gasteiger partial charge in [0.05, 0.1) is 13.2 Å². The highest BCUT2D eigenvalue weighted by molar-refractivity contribution is 4.51. The van der Waals surface area contributed by atoms with Gasteiger partial charge >= 0.3 is 0 Å². The Morgan fingerprint density at radius 2 is 1.22 bits per heavy atom. The van der Waals surface area contributed by atoms with E-state index in [0.29, 0.717) is 13.1 Å². The summed E-state index contributed by atoms with van der Waals surface area (Å²) in [7, 11) is 0. The lowest BCUT2D eigenvalue weighted by atomic mass is 10.4. The highest BCUT2D eigenvalue weighted by Gasteiger charge is 1.97. The number of aliphatic hydroxyl groups excluding tert-OH is 4. The van der Waals surface area contributed by atoms with Crippen molar-refractivity contribution in [3.8, 4) is 0 Å². The van der Waals surface area contributed by atoms with E-state index < -0.39 is 0 Å². The second-order valence-electron chi connectivity index (χ2n) is 3.79. The topological polar surface area (TPSA) is 96.2 Å². The molecule has 0 radical (unpaired) electrons. The van der Waals surface area contributed by atoms with E-state index in [1.54, 1.807) is 0 Å². The summed E-state index contributed by atoms with van der Waals surface area (Å²) in [5.74, 6) is 0. The number of hydrogen-bond donors (Lipinski definition) is 5. The normalized spacial score (nSPS) is 10.3. The highest BCUT2D eigenvalue weighted by Crippen LogP contribution is 1.83. The molecule has 0 aliphatic heterocycles. The third-order valence-corrected chi connectivity index (χ3v) is 2.30. The first-order valence-corrected chi connectivity index (χ1v) is 6.63. The van der Waals surface area contributed by atoms with E-state index in [0.717, 1.165) is 32.5 Å². The van der Waals surface area contributed by atoms with Crippen LogP contribution in [0, 0.1) is 0 Å². The number of likely N-dealkylation sites (N-methyl/N-ethyl adjacent to an activating group) is 1. The van der Waals surface area contributed by atoms with Gasteiger partial charge in [-0.25, -0.2) is 0 Å². The maximum absolute atomic E-state index is 8.47. The molecule has 0 saturated heterocycles. The minimum Gasteiger partial charge on any atom is -0.396 e. The fraction of sp³-hybridized carbons (Fsp3) is 1.00. The molecule has 0 aromatic carbocycles. The van der Waals surface area contributed by atoms with Gasteiger partial charge in [-0.3, -0.25) is 4.90 Å². The Balaban J connectivity index is 0. The molecule has 0 atom stereocenters. The molecule has 0 fully saturated rings. The van der Waals surface area contributed by atoms with Crippen LogP contribution in [0.1, 0.15) is 19.8 Å². The van der Waals surface area contributed by atoms with Gasteiger partial charge in [0.2, 0.25) is 0 Å². The predicted octanol–water partition coefficient (Wildman–Crippen LogP) is -1.37. The van der Waals surface area contributed by atoms with Crippen LogP contribution in [-0.2, 0) is 0 Å². The van der Waals surface area contributed by atoms with Gasteiger partial charge in [-0.2, -0.15) is 0 Å². The zero-order valence-corrected chi connectivity index (χ0v) is 11.5. The number of nitrogens with one attached hydrogen (secondary N) is 1. The van der Waals surface area contributed by atoms with Gasteiger partial charge in [-0.1, -0.05) is 6.92 Å². The summed E-state index contributed by atoms with van der Waals surface area (Å²) in [5, 5.41) is 36.7. The fourth-order valence-corrected chi connectivity index (χ4v) is 1.24. The summed E-state index contributed by atoms with van der Waals surface area (Å²) in [6.07, 6.45) is 1.59. The van der Waals surface area contributed by atoms with Crippen molar-refractivity contribution in [2.24, 2.45) is 0 Å². The van der Waals surface area contributed by atoms with E-state index in [2.05, 4.69) is 5.32 Å². The third-order valence-electron chi connectivity index (χ3n) is 2.30. The Morgan fingerprint density at radius 3 is 1.50 bits per heavy atom. The Kier molecular flexibility index (Phi) is 21.3. The van der Waals surface area contributed by atoms with Crippen LogP contribution < -0.4 is 5.32 Å². The van der Waals surface area contributed by atoms with E-state index in [1.165, 1.54) is 0 Å². The van der Waals surface area contributed by atoms with Crippen molar-refractivity contribution in [1.29, 1.82) is 0 Å². The minimum absolute atomic E-state index is 0.174. The van der Waals surface area contributed by atoms with Crippen molar-refractivity contribution in [1.82, 2.24) is 10.2 Å². The van der Waals surface area contributed by atoms with Crippen molar-refractivity contribution in [2.75, 3.05) is 59.2 Å². The summed E-state index contributed by atoms with van der Waals surface area (Å²) in [6.45, 7) is 6.74. The SMILES string of the molecule is CCN(CCO)CCO.OCCCNCCCO. The van der Waals surface area contributed by atoms with E-state index in [4.69, 9.17) is 20.4 Å². The molecule has 0 aliphatic carbocycles. The summed E-state index contributed by atoms with van der Waals surface area (Å²) < 4.78 is 0. The van der Waals surface area contributed by atoms with Crippen LogP contribution in [0.25, 0.3) is 0 Å². The zero-order chi connectivity index (χ0) is 14.1. The molecule has 0 heterocycles. The van der Waals surface area contributed by atoms with Gasteiger partial charge in [0.25, 0.3) is 0 Å². The van der Waals surface area contributed by atoms with Gasteiger partial charge in [-0.15, -0.1) is 0 Å². The Hall–Kier alpha value is -0.240. The molecule has 0 rings (SSSR count). The fourth-order valence-electron chi connectivity index (χ4n) is 1.24. The molecule has 112 valence electrons. The van der Waals surface area contributed by atoms with Gasteiger partial charge in [0.15, 0.2) is 0 Å². The van der Waals surface area contributed by atoms with Crippen molar-refractivity contribution in [3.05, 3.63) is 0 Å². The Morgan fingerprint density at radius 1 is 0.778 bits per heavy atom. The van der Waals surface area contributed by atoms with Crippen molar-refractivity contribution < 1.29 is 20.4 Å². The lowest BCUT2D eigenvalue weighted by molar-refractivity contribution is 0.166. The highest BCUT2D eigenvalue weighted by atomic mass is 16.3. The molecule has 6 nitrogen and oxygen atoms in total. The molecule has 0 bridgehead atoms. The van der Waals surface area contributed by atoms with E-state index in [9.17, 15) is 0 Å². The number of rotatable bonds is 11. The molecule has 0 spiro atoms. The summed E-state index contributed by atoms with van der Waals surface area (Å²) in [6, 6.07) is 0. The third kappa shape index (κ3) is 18.1. The van der Waals surface area contributed by atoms with Crippen LogP contribution in [-0.4, -0.2) is 84.5 Å². The second kappa shape index (κ2) is 19.1. The van der Waals surface area contributed by atoms with Crippen LogP contribution in [0.5, 0.6) is 0 Å². The summed E-state index contributed by atoms with van der Waals surface area (Å²) >= 11 is 0. The Bertz CT molecular complexity index is 127. The van der Waals surface area contributed by atoms with Crippen LogP contribution in [0.15, 0.2) is 0 Å². The molecular weight excluding hydrogens is 236 g/mol. The number of nitrogens with zero attached hydrogens (tertiary/aromatic N) is 1. The Labute approximate surface area is 110 Å². The smallest absolute Gasteiger partial charge is 0.0558 e. The van der Waals surface area contributed by atoms with Crippen LogP contribution >= 0.6 is 0 Å². The zero-order valence-electron chi connectivity index (χ0n) is 11.5. The maximum atomic E-state index is 8.47. The van der Waals surface area contributed by atoms with Crippen LogP contribution in [0.2, 0.25) is 0 Å². The van der Waals surface area contributed by atoms with Gasteiger partial charge in [0, 0.05) is 26.3 Å². The average Bonchev–Trinajstić information content (AvgIpc) is 2.39. The monoisotopic (exact) mass is 266 g/mol. The molecule has 0 unspecified atom stereocenters. The van der Waals surface area contributed by atoms with Gasteiger partial charge in [-0.05, 0) is 32.5 Å². The quantitative estimate of drug-likeness (QED) is 0.296. The molecule has 6 heteroatoms. The summed E-state index contributed by atoms with van der Waals surface area (Å²) in [5.41, 5.74) is 0. The standard InChI is InChI=1S/2C6H15NO2/c8-5-1-3-7-4-2-6-9;1-2-7(3-5-8)4-6-9/h7-9H,1-6H2;8-9H,2-6H2,1H3. The minimum atomic E-state index is 0.174. The van der Waals surface area contributed by atoms with E-state index in [-0.39, 0.29) is 26.4 Å². The molecule has 0 aromatic heterocycles. The lowest BCUT2D eigenvalue weighted by Gasteiger charge is -2.16. The van der Waals surface area contributed by atoms with Gasteiger partial charge in [0.1, 0.15) is 0 Å². The number of hydrogen-bond acceptors (Lipinski definition) is 6. The largest absolute Gasteiger partial charge is 0.396 e. The molecule has 18 heavy (non-hydrogen) atoms. The second-order valence-corrected chi connectivity index (χ2v) is 3.79. The van der Waals surface area contributed by atoms with Gasteiger partial charge < -0.3 is 25.7 Å². The first kappa shape index (κ1) is 20.1. The maximum Gasteiger partial charge on any atom is 0.0558 e. The molecule has 0 saturated carbocycles. The molecule has 5 N–H and O–H groups in total. The lowest BCUT2D eigenvalue weighted by Crippen LogP contribution is -2.29. The molecule has 0 amide bonds. The van der Waals surface area contributed by atoms with Crippen molar-refractivity contribution in [3.63, 3.8) is 0 Å².